The van der Waals surface area contributed by atoms with E-state index in [4.69, 9.17) is 11.6 Å². The van der Waals surface area contributed by atoms with E-state index < -0.39 is 0 Å². The van der Waals surface area contributed by atoms with Crippen LogP contribution < -0.4 is 0 Å². The molecular weight excluding hydrogens is 417 g/mol. The lowest BCUT2D eigenvalue weighted by atomic mass is 10.3. The number of halogens is 3. The van der Waals surface area contributed by atoms with Crippen LogP contribution in [0.15, 0.2) is 18.2 Å². The van der Waals surface area contributed by atoms with E-state index >= 15 is 0 Å². The molecule has 0 atom stereocenters. The van der Waals surface area contributed by atoms with E-state index in [1.807, 2.05) is 6.07 Å². The summed E-state index contributed by atoms with van der Waals surface area (Å²) in [5, 5.41) is 2.03. The van der Waals surface area contributed by atoms with Crippen molar-refractivity contribution in [3.8, 4) is 0 Å². The summed E-state index contributed by atoms with van der Waals surface area (Å²) in [6.45, 7) is 0. The number of hydrogen-bond acceptors (Lipinski definition) is 1. The second kappa shape index (κ2) is 3.59. The Bertz CT molecular complexity index is 397. The molecule has 0 aliphatic carbocycles. The number of hydrogen-bond donors (Lipinski definition) is 0. The van der Waals surface area contributed by atoms with Crippen molar-refractivity contribution in [3.63, 3.8) is 0 Å². The molecule has 0 fully saturated rings. The first kappa shape index (κ1) is 9.48. The lowest BCUT2D eigenvalue weighted by molar-refractivity contribution is 1.79. The molecule has 0 aliphatic heterocycles. The molecule has 0 unspecified atom stereocenters. The molecular formula is C8H3ClI2S. The Kier molecular flexibility index (Phi) is 2.84. The maximum absolute atomic E-state index is 6.04. The Morgan fingerprint density at radius 1 is 1.25 bits per heavy atom. The van der Waals surface area contributed by atoms with E-state index in [2.05, 4.69) is 57.3 Å². The quantitative estimate of drug-likeness (QED) is 0.539. The average molecular weight is 420 g/mol. The molecule has 2 rings (SSSR count). The molecule has 0 radical (unpaired) electrons. The van der Waals surface area contributed by atoms with E-state index in [1.54, 1.807) is 11.3 Å². The zero-order valence-electron chi connectivity index (χ0n) is 5.77. The van der Waals surface area contributed by atoms with Gasteiger partial charge in [-0.3, -0.25) is 0 Å². The highest BCUT2D eigenvalue weighted by Crippen LogP contribution is 2.34. The first-order chi connectivity index (χ1) is 5.68. The molecule has 1 aromatic heterocycles. The third kappa shape index (κ3) is 1.60. The highest BCUT2D eigenvalue weighted by molar-refractivity contribution is 14.1. The molecule has 4 heteroatoms. The van der Waals surface area contributed by atoms with Gasteiger partial charge in [-0.05, 0) is 63.4 Å². The highest BCUT2D eigenvalue weighted by atomic mass is 127. The molecule has 0 aliphatic rings. The van der Waals surface area contributed by atoms with Crippen LogP contribution in [0.3, 0.4) is 0 Å². The molecule has 0 N–H and O–H groups in total. The van der Waals surface area contributed by atoms with Crippen LogP contribution in [0.5, 0.6) is 0 Å². The van der Waals surface area contributed by atoms with Crippen molar-refractivity contribution in [1.82, 2.24) is 0 Å². The van der Waals surface area contributed by atoms with Crippen molar-refractivity contribution in [2.75, 3.05) is 0 Å². The van der Waals surface area contributed by atoms with Crippen LogP contribution in [-0.4, -0.2) is 0 Å². The second-order valence-corrected chi connectivity index (χ2v) is 6.84. The minimum absolute atomic E-state index is 0.851. The molecule has 0 nitrogen and oxygen atoms in total. The summed E-state index contributed by atoms with van der Waals surface area (Å²) < 4.78 is 3.86. The Labute approximate surface area is 107 Å². The van der Waals surface area contributed by atoms with Gasteiger partial charge in [-0.15, -0.1) is 11.3 Å². The monoisotopic (exact) mass is 420 g/mol. The lowest BCUT2D eigenvalue weighted by Crippen LogP contribution is -1.70. The molecule has 12 heavy (non-hydrogen) atoms. The van der Waals surface area contributed by atoms with Crippen molar-refractivity contribution in [3.05, 3.63) is 29.7 Å². The largest absolute Gasteiger partial charge is 0.128 e. The van der Waals surface area contributed by atoms with Gasteiger partial charge in [-0.25, -0.2) is 0 Å². The number of thiophene rings is 1. The maximum atomic E-state index is 6.04. The first-order valence-electron chi connectivity index (χ1n) is 3.21. The SMILES string of the molecule is Clc1ccc(I)c2sc(I)cc12. The predicted octanol–water partition coefficient (Wildman–Crippen LogP) is 4.76. The zero-order valence-corrected chi connectivity index (χ0v) is 11.7. The fourth-order valence-corrected chi connectivity index (χ4v) is 3.88. The summed E-state index contributed by atoms with van der Waals surface area (Å²) >= 11 is 12.5. The van der Waals surface area contributed by atoms with Gasteiger partial charge in [0.05, 0.1) is 7.58 Å². The van der Waals surface area contributed by atoms with E-state index in [0.717, 1.165) is 5.02 Å². The molecule has 0 bridgehead atoms. The van der Waals surface area contributed by atoms with Crippen LogP contribution in [0.2, 0.25) is 5.02 Å². The number of rotatable bonds is 0. The van der Waals surface area contributed by atoms with Crippen molar-refractivity contribution >= 4 is 78.2 Å². The normalized spacial score (nSPS) is 10.9. The van der Waals surface area contributed by atoms with Gasteiger partial charge in [0.25, 0.3) is 0 Å². The van der Waals surface area contributed by atoms with Crippen LogP contribution in [0.25, 0.3) is 10.1 Å². The third-order valence-electron chi connectivity index (χ3n) is 1.55. The van der Waals surface area contributed by atoms with Crippen molar-refractivity contribution < 1.29 is 0 Å². The molecule has 0 saturated carbocycles. The molecule has 0 saturated heterocycles. The Morgan fingerprint density at radius 3 is 2.67 bits per heavy atom. The van der Waals surface area contributed by atoms with Gasteiger partial charge in [0.15, 0.2) is 0 Å². The lowest BCUT2D eigenvalue weighted by Gasteiger charge is -1.94. The summed E-state index contributed by atoms with van der Waals surface area (Å²) in [4.78, 5) is 0. The molecule has 62 valence electrons. The van der Waals surface area contributed by atoms with Crippen LogP contribution in [0, 0.1) is 6.45 Å². The topological polar surface area (TPSA) is 0 Å². The van der Waals surface area contributed by atoms with Crippen LogP contribution >= 0.6 is 68.1 Å². The predicted molar refractivity (Wildman–Crippen MR) is 72.3 cm³/mol. The van der Waals surface area contributed by atoms with E-state index in [9.17, 15) is 0 Å². The standard InChI is InChI=1S/C8H3ClI2S/c9-5-1-2-6(10)8-4(5)3-7(11)12-8/h1-3H. The van der Waals surface area contributed by atoms with E-state index in [0.29, 0.717) is 0 Å². The van der Waals surface area contributed by atoms with Gasteiger partial charge >= 0.3 is 0 Å². The third-order valence-corrected chi connectivity index (χ3v) is 5.08. The summed E-state index contributed by atoms with van der Waals surface area (Å²) in [7, 11) is 0. The number of fused-ring (bicyclic) bond motifs is 1. The van der Waals surface area contributed by atoms with Crippen LogP contribution in [0.4, 0.5) is 0 Å². The summed E-state index contributed by atoms with van der Waals surface area (Å²) in [5.41, 5.74) is 0. The highest BCUT2D eigenvalue weighted by Gasteiger charge is 2.05. The Hall–Kier alpha value is 0.930. The fraction of sp³-hybridized carbons (Fsp3) is 0. The van der Waals surface area contributed by atoms with Gasteiger partial charge < -0.3 is 0 Å². The fourth-order valence-electron chi connectivity index (χ4n) is 1.03. The summed E-state index contributed by atoms with van der Waals surface area (Å²) in [6.07, 6.45) is 0. The summed E-state index contributed by atoms with van der Waals surface area (Å²) in [6, 6.07) is 6.14. The van der Waals surface area contributed by atoms with Crippen LogP contribution in [0.1, 0.15) is 0 Å². The molecule has 1 heterocycles. The average Bonchev–Trinajstić information content (AvgIpc) is 2.41. The Morgan fingerprint density at radius 2 is 2.00 bits per heavy atom. The first-order valence-corrected chi connectivity index (χ1v) is 6.57. The number of benzene rings is 1. The molecule has 2 aromatic rings. The van der Waals surface area contributed by atoms with E-state index in [-0.39, 0.29) is 0 Å². The van der Waals surface area contributed by atoms with Gasteiger partial charge in [-0.1, -0.05) is 11.6 Å². The van der Waals surface area contributed by atoms with Gasteiger partial charge in [0.2, 0.25) is 0 Å². The second-order valence-electron chi connectivity index (χ2n) is 2.32. The smallest absolute Gasteiger partial charge is 0.0666 e. The zero-order chi connectivity index (χ0) is 8.72. The van der Waals surface area contributed by atoms with Crippen molar-refractivity contribution in [2.24, 2.45) is 0 Å². The van der Waals surface area contributed by atoms with Gasteiger partial charge in [0.1, 0.15) is 0 Å². The molecule has 1 aromatic carbocycles. The van der Waals surface area contributed by atoms with Gasteiger partial charge in [0, 0.05) is 14.0 Å². The molecule has 0 amide bonds. The minimum Gasteiger partial charge on any atom is -0.128 e. The van der Waals surface area contributed by atoms with Crippen molar-refractivity contribution in [1.29, 1.82) is 0 Å². The van der Waals surface area contributed by atoms with E-state index in [1.165, 1.54) is 16.5 Å². The molecule has 0 spiro atoms. The van der Waals surface area contributed by atoms with Crippen LogP contribution in [-0.2, 0) is 0 Å². The van der Waals surface area contributed by atoms with Gasteiger partial charge in [-0.2, -0.15) is 0 Å². The minimum atomic E-state index is 0.851. The summed E-state index contributed by atoms with van der Waals surface area (Å²) in [5.74, 6) is 0. The maximum Gasteiger partial charge on any atom is 0.0666 e. The Balaban J connectivity index is 2.93. The van der Waals surface area contributed by atoms with Crippen molar-refractivity contribution in [2.45, 2.75) is 0 Å².